The van der Waals surface area contributed by atoms with Crippen LogP contribution in [0.2, 0.25) is 0 Å². The van der Waals surface area contributed by atoms with Gasteiger partial charge >= 0.3 is 6.03 Å². The highest BCUT2D eigenvalue weighted by Crippen LogP contribution is 2.24. The zero-order chi connectivity index (χ0) is 11.3. The average molecular weight is 224 g/mol. The number of nitrogens with one attached hydrogen (secondary N) is 2. The highest BCUT2D eigenvalue weighted by Gasteiger charge is 2.05. The largest absolute Gasteiger partial charge is 0.336 e. The summed E-state index contributed by atoms with van der Waals surface area (Å²) in [6, 6.07) is 7.72. The van der Waals surface area contributed by atoms with Gasteiger partial charge in [-0.15, -0.1) is 11.8 Å². The van der Waals surface area contributed by atoms with Crippen LogP contribution in [-0.2, 0) is 0 Å². The Balaban J connectivity index is 2.67. The van der Waals surface area contributed by atoms with Gasteiger partial charge in [0.2, 0.25) is 0 Å². The van der Waals surface area contributed by atoms with Crippen LogP contribution >= 0.6 is 11.8 Å². The van der Waals surface area contributed by atoms with Crippen molar-refractivity contribution in [2.45, 2.75) is 24.8 Å². The minimum absolute atomic E-state index is 0.145. The molecule has 2 amide bonds. The van der Waals surface area contributed by atoms with Crippen LogP contribution in [0.1, 0.15) is 13.8 Å². The predicted molar refractivity (Wildman–Crippen MR) is 65.5 cm³/mol. The number of amides is 2. The average Bonchev–Trinajstić information content (AvgIpc) is 2.17. The number of para-hydroxylation sites is 1. The fourth-order valence-corrected chi connectivity index (χ4v) is 1.72. The smallest absolute Gasteiger partial charge is 0.319 e. The zero-order valence-electron chi connectivity index (χ0n) is 9.20. The molecule has 0 bridgehead atoms. The van der Waals surface area contributed by atoms with Gasteiger partial charge in [-0.05, 0) is 32.2 Å². The molecule has 1 aromatic carbocycles. The van der Waals surface area contributed by atoms with Crippen molar-refractivity contribution in [3.8, 4) is 0 Å². The molecule has 0 spiro atoms. The van der Waals surface area contributed by atoms with Gasteiger partial charge in [-0.25, -0.2) is 4.79 Å². The number of anilines is 1. The van der Waals surface area contributed by atoms with Crippen molar-refractivity contribution in [3.05, 3.63) is 24.3 Å². The van der Waals surface area contributed by atoms with E-state index in [1.54, 1.807) is 11.8 Å². The summed E-state index contributed by atoms with van der Waals surface area (Å²) in [7, 11) is 0. The lowest BCUT2D eigenvalue weighted by molar-refractivity contribution is 0.250. The van der Waals surface area contributed by atoms with E-state index >= 15 is 0 Å². The maximum absolute atomic E-state index is 11.5. The van der Waals surface area contributed by atoms with Gasteiger partial charge in [0, 0.05) is 10.9 Å². The van der Waals surface area contributed by atoms with Crippen LogP contribution in [0.25, 0.3) is 0 Å². The molecule has 15 heavy (non-hydrogen) atoms. The zero-order valence-corrected chi connectivity index (χ0v) is 10.0. The molecule has 0 aromatic heterocycles. The molecule has 0 saturated heterocycles. The van der Waals surface area contributed by atoms with Crippen LogP contribution in [0.15, 0.2) is 29.2 Å². The SMILES string of the molecule is CSc1ccccc1NC(=O)NC(C)C. The lowest BCUT2D eigenvalue weighted by Crippen LogP contribution is -2.34. The van der Waals surface area contributed by atoms with Crippen molar-refractivity contribution in [3.63, 3.8) is 0 Å². The van der Waals surface area contributed by atoms with Gasteiger partial charge in [0.1, 0.15) is 0 Å². The summed E-state index contributed by atoms with van der Waals surface area (Å²) in [6.45, 7) is 3.86. The van der Waals surface area contributed by atoms with Crippen molar-refractivity contribution < 1.29 is 4.79 Å². The van der Waals surface area contributed by atoms with E-state index in [0.717, 1.165) is 10.6 Å². The second-order valence-electron chi connectivity index (χ2n) is 3.45. The first-order valence-electron chi connectivity index (χ1n) is 4.84. The highest BCUT2D eigenvalue weighted by molar-refractivity contribution is 7.98. The Bertz CT molecular complexity index is 339. The van der Waals surface area contributed by atoms with Gasteiger partial charge in [0.15, 0.2) is 0 Å². The number of hydrogen-bond donors (Lipinski definition) is 2. The molecule has 0 atom stereocenters. The quantitative estimate of drug-likeness (QED) is 0.775. The van der Waals surface area contributed by atoms with E-state index in [9.17, 15) is 4.79 Å². The maximum Gasteiger partial charge on any atom is 0.319 e. The molecule has 0 unspecified atom stereocenters. The van der Waals surface area contributed by atoms with E-state index in [-0.39, 0.29) is 12.1 Å². The van der Waals surface area contributed by atoms with E-state index in [4.69, 9.17) is 0 Å². The highest BCUT2D eigenvalue weighted by atomic mass is 32.2. The lowest BCUT2D eigenvalue weighted by atomic mass is 10.3. The summed E-state index contributed by atoms with van der Waals surface area (Å²) in [5.41, 5.74) is 0.850. The molecule has 0 saturated carbocycles. The summed E-state index contributed by atoms with van der Waals surface area (Å²) in [6.07, 6.45) is 1.99. The van der Waals surface area contributed by atoms with Gasteiger partial charge in [-0.3, -0.25) is 0 Å². The van der Waals surface area contributed by atoms with Crippen molar-refractivity contribution in [2.75, 3.05) is 11.6 Å². The van der Waals surface area contributed by atoms with Crippen molar-refractivity contribution in [1.29, 1.82) is 0 Å². The van der Waals surface area contributed by atoms with Crippen LogP contribution in [0, 0.1) is 0 Å². The molecule has 0 heterocycles. The van der Waals surface area contributed by atoms with E-state index in [2.05, 4.69) is 10.6 Å². The van der Waals surface area contributed by atoms with E-state index < -0.39 is 0 Å². The normalized spacial score (nSPS) is 10.1. The van der Waals surface area contributed by atoms with E-state index in [1.165, 1.54) is 0 Å². The minimum atomic E-state index is -0.161. The number of urea groups is 1. The summed E-state index contributed by atoms with van der Waals surface area (Å²) >= 11 is 1.61. The maximum atomic E-state index is 11.5. The molecule has 2 N–H and O–H groups in total. The first kappa shape index (κ1) is 11.9. The van der Waals surface area contributed by atoms with Gasteiger partial charge in [-0.2, -0.15) is 0 Å². The molecule has 4 heteroatoms. The summed E-state index contributed by atoms with van der Waals surface area (Å²) < 4.78 is 0. The molecular weight excluding hydrogens is 208 g/mol. The number of thioether (sulfide) groups is 1. The van der Waals surface area contributed by atoms with Crippen molar-refractivity contribution in [2.24, 2.45) is 0 Å². The van der Waals surface area contributed by atoms with Crippen molar-refractivity contribution in [1.82, 2.24) is 5.32 Å². The topological polar surface area (TPSA) is 41.1 Å². The summed E-state index contributed by atoms with van der Waals surface area (Å²) in [5.74, 6) is 0. The minimum Gasteiger partial charge on any atom is -0.336 e. The molecule has 1 rings (SSSR count). The molecule has 0 radical (unpaired) electrons. The monoisotopic (exact) mass is 224 g/mol. The predicted octanol–water partition coefficient (Wildman–Crippen LogP) is 2.94. The fraction of sp³-hybridized carbons (Fsp3) is 0.364. The Morgan fingerprint density at radius 3 is 2.60 bits per heavy atom. The number of carbonyl (C=O) groups excluding carboxylic acids is 1. The van der Waals surface area contributed by atoms with E-state index in [1.807, 2.05) is 44.4 Å². The van der Waals surface area contributed by atoms with Crippen molar-refractivity contribution >= 4 is 23.5 Å². The van der Waals surface area contributed by atoms with E-state index in [0.29, 0.717) is 0 Å². The van der Waals surface area contributed by atoms with Gasteiger partial charge < -0.3 is 10.6 Å². The molecule has 1 aromatic rings. The number of hydrogen-bond acceptors (Lipinski definition) is 2. The van der Waals surface area contributed by atoms with Crippen LogP contribution in [0.4, 0.5) is 10.5 Å². The third-order valence-corrected chi connectivity index (χ3v) is 2.57. The second-order valence-corrected chi connectivity index (χ2v) is 4.30. The fourth-order valence-electron chi connectivity index (χ4n) is 1.17. The molecule has 0 aliphatic heterocycles. The number of benzene rings is 1. The van der Waals surface area contributed by atoms with Gasteiger partial charge in [0.05, 0.1) is 5.69 Å². The first-order chi connectivity index (χ1) is 7.13. The lowest BCUT2D eigenvalue weighted by Gasteiger charge is -2.12. The van der Waals surface area contributed by atoms with Crippen LogP contribution in [0.5, 0.6) is 0 Å². The third-order valence-electron chi connectivity index (χ3n) is 1.77. The Morgan fingerprint density at radius 2 is 2.00 bits per heavy atom. The standard InChI is InChI=1S/C11H16N2OS/c1-8(2)12-11(14)13-9-6-4-5-7-10(9)15-3/h4-8H,1-3H3,(H2,12,13,14). The first-order valence-corrected chi connectivity index (χ1v) is 6.06. The molecule has 0 aliphatic carbocycles. The van der Waals surface area contributed by atoms with Crippen LogP contribution < -0.4 is 10.6 Å². The Kier molecular flexibility index (Phi) is 4.49. The number of carbonyl (C=O) groups is 1. The number of rotatable bonds is 3. The Morgan fingerprint density at radius 1 is 1.33 bits per heavy atom. The summed E-state index contributed by atoms with van der Waals surface area (Å²) in [4.78, 5) is 12.5. The molecule has 3 nitrogen and oxygen atoms in total. The molecule has 0 fully saturated rings. The molecular formula is C11H16N2OS. The Labute approximate surface area is 94.6 Å². The van der Waals surface area contributed by atoms with Gasteiger partial charge in [-0.1, -0.05) is 12.1 Å². The second kappa shape index (κ2) is 5.66. The summed E-state index contributed by atoms with van der Waals surface area (Å²) in [5, 5.41) is 5.61. The molecule has 82 valence electrons. The van der Waals surface area contributed by atoms with Gasteiger partial charge in [0.25, 0.3) is 0 Å². The van der Waals surface area contributed by atoms with Crippen LogP contribution in [0.3, 0.4) is 0 Å². The third kappa shape index (κ3) is 3.83. The molecule has 0 aliphatic rings. The van der Waals surface area contributed by atoms with Crippen LogP contribution in [-0.4, -0.2) is 18.3 Å². The Hall–Kier alpha value is -1.16.